The van der Waals surface area contributed by atoms with Gasteiger partial charge in [-0.3, -0.25) is 9.79 Å². The van der Waals surface area contributed by atoms with Gasteiger partial charge in [-0.15, -0.1) is 0 Å². The number of allylic oxidation sites excluding steroid dienone is 2. The zero-order valence-corrected chi connectivity index (χ0v) is 8.94. The molecule has 4 nitrogen and oxygen atoms in total. The highest BCUT2D eigenvalue weighted by Crippen LogP contribution is 2.18. The van der Waals surface area contributed by atoms with E-state index in [2.05, 4.69) is 4.99 Å². The Bertz CT molecular complexity index is 290. The monoisotopic (exact) mass is 211 g/mol. The van der Waals surface area contributed by atoms with Crippen molar-refractivity contribution in [3.05, 3.63) is 11.3 Å². The van der Waals surface area contributed by atoms with Gasteiger partial charge in [0.2, 0.25) is 0 Å². The smallest absolute Gasteiger partial charge is 0.167 e. The lowest BCUT2D eigenvalue weighted by atomic mass is 9.97. The van der Waals surface area contributed by atoms with E-state index >= 15 is 0 Å². The van der Waals surface area contributed by atoms with Crippen molar-refractivity contribution in [2.75, 3.05) is 6.61 Å². The van der Waals surface area contributed by atoms with Crippen molar-refractivity contribution in [1.82, 2.24) is 0 Å². The quantitative estimate of drug-likeness (QED) is 0.690. The SMILES string of the molecule is CC[C@H](CO)N=CC1=C(O)CCCC1=O. The summed E-state index contributed by atoms with van der Waals surface area (Å²) in [5.41, 5.74) is 0.313. The summed E-state index contributed by atoms with van der Waals surface area (Å²) in [4.78, 5) is 15.5. The normalized spacial score (nSPS) is 20.0. The third kappa shape index (κ3) is 3.16. The molecule has 0 spiro atoms. The Morgan fingerprint density at radius 2 is 2.27 bits per heavy atom. The van der Waals surface area contributed by atoms with E-state index < -0.39 is 0 Å². The number of carbonyl (C=O) groups is 1. The molecule has 0 saturated carbocycles. The van der Waals surface area contributed by atoms with Crippen LogP contribution in [0.2, 0.25) is 0 Å². The van der Waals surface area contributed by atoms with Crippen molar-refractivity contribution in [3.63, 3.8) is 0 Å². The lowest BCUT2D eigenvalue weighted by Crippen LogP contribution is -2.15. The first-order chi connectivity index (χ1) is 7.19. The first kappa shape index (κ1) is 11.9. The fourth-order valence-electron chi connectivity index (χ4n) is 1.45. The summed E-state index contributed by atoms with van der Waals surface area (Å²) >= 11 is 0. The minimum Gasteiger partial charge on any atom is -0.512 e. The van der Waals surface area contributed by atoms with E-state index in [1.165, 1.54) is 6.21 Å². The van der Waals surface area contributed by atoms with Gasteiger partial charge in [0.05, 0.1) is 18.2 Å². The van der Waals surface area contributed by atoms with Crippen LogP contribution in [0.15, 0.2) is 16.3 Å². The summed E-state index contributed by atoms with van der Waals surface area (Å²) in [7, 11) is 0. The van der Waals surface area contributed by atoms with E-state index in [-0.39, 0.29) is 24.2 Å². The second kappa shape index (κ2) is 5.66. The Labute approximate surface area is 89.3 Å². The topological polar surface area (TPSA) is 69.9 Å². The number of nitrogens with zero attached hydrogens (tertiary/aromatic N) is 1. The van der Waals surface area contributed by atoms with Crippen LogP contribution in [-0.2, 0) is 4.79 Å². The Hall–Kier alpha value is -1.16. The minimum absolute atomic E-state index is 0.0325. The summed E-state index contributed by atoms with van der Waals surface area (Å²) in [5.74, 6) is 0.0677. The molecule has 0 heterocycles. The standard InChI is InChI=1S/C11H17NO3/c1-2-8(7-13)12-6-9-10(14)4-3-5-11(9)15/h6,8,13-14H,2-5,7H2,1H3/t8-/m1/s1. The highest BCUT2D eigenvalue weighted by atomic mass is 16.3. The maximum atomic E-state index is 11.4. The van der Waals surface area contributed by atoms with Gasteiger partial charge in [-0.05, 0) is 12.8 Å². The van der Waals surface area contributed by atoms with E-state index in [0.717, 1.165) is 6.42 Å². The number of aliphatic hydroxyl groups excluding tert-OH is 2. The number of carbonyl (C=O) groups excluding carboxylic acids is 1. The average Bonchev–Trinajstić information content (AvgIpc) is 2.23. The van der Waals surface area contributed by atoms with Crippen LogP contribution in [0.3, 0.4) is 0 Å². The van der Waals surface area contributed by atoms with Crippen molar-refractivity contribution in [3.8, 4) is 0 Å². The lowest BCUT2D eigenvalue weighted by Gasteiger charge is -2.12. The predicted octanol–water partition coefficient (Wildman–Crippen LogP) is 1.39. The molecule has 1 aliphatic rings. The first-order valence-corrected chi connectivity index (χ1v) is 5.28. The third-order valence-corrected chi connectivity index (χ3v) is 2.53. The summed E-state index contributed by atoms with van der Waals surface area (Å²) in [5, 5.41) is 18.4. The molecule has 4 heteroatoms. The molecule has 0 aromatic rings. The lowest BCUT2D eigenvalue weighted by molar-refractivity contribution is -0.115. The van der Waals surface area contributed by atoms with Crippen molar-refractivity contribution in [2.45, 2.75) is 38.6 Å². The maximum absolute atomic E-state index is 11.4. The summed E-state index contributed by atoms with van der Waals surface area (Å²) in [6, 6.07) is -0.181. The van der Waals surface area contributed by atoms with Gasteiger partial charge in [-0.1, -0.05) is 6.92 Å². The van der Waals surface area contributed by atoms with Gasteiger partial charge in [0.15, 0.2) is 5.78 Å². The van der Waals surface area contributed by atoms with Gasteiger partial charge < -0.3 is 10.2 Å². The highest BCUT2D eigenvalue weighted by Gasteiger charge is 2.18. The second-order valence-electron chi connectivity index (χ2n) is 3.66. The molecular formula is C11H17NO3. The van der Waals surface area contributed by atoms with Crippen LogP contribution < -0.4 is 0 Å². The molecule has 2 N–H and O–H groups in total. The number of hydrogen-bond acceptors (Lipinski definition) is 4. The molecule has 0 bridgehead atoms. The van der Waals surface area contributed by atoms with Gasteiger partial charge in [-0.2, -0.15) is 0 Å². The minimum atomic E-state index is -0.181. The molecular weight excluding hydrogens is 194 g/mol. The van der Waals surface area contributed by atoms with E-state index in [0.29, 0.717) is 24.8 Å². The van der Waals surface area contributed by atoms with Crippen molar-refractivity contribution in [2.24, 2.45) is 4.99 Å². The van der Waals surface area contributed by atoms with Crippen molar-refractivity contribution in [1.29, 1.82) is 0 Å². The summed E-state index contributed by atoms with van der Waals surface area (Å²) < 4.78 is 0. The molecule has 0 fully saturated rings. The van der Waals surface area contributed by atoms with Crippen LogP contribution in [0.5, 0.6) is 0 Å². The fourth-order valence-corrected chi connectivity index (χ4v) is 1.45. The number of hydrogen-bond donors (Lipinski definition) is 2. The zero-order valence-electron chi connectivity index (χ0n) is 8.94. The number of Topliss-reactive ketones (excluding diaryl/α,β-unsaturated/α-hetero) is 1. The molecule has 0 amide bonds. The van der Waals surface area contributed by atoms with Crippen molar-refractivity contribution >= 4 is 12.0 Å². The molecule has 1 aliphatic carbocycles. The molecule has 1 rings (SSSR count). The van der Waals surface area contributed by atoms with Gasteiger partial charge >= 0.3 is 0 Å². The third-order valence-electron chi connectivity index (χ3n) is 2.53. The van der Waals surface area contributed by atoms with Crippen LogP contribution in [0.4, 0.5) is 0 Å². The van der Waals surface area contributed by atoms with Crippen LogP contribution in [0, 0.1) is 0 Å². The molecule has 0 aromatic carbocycles. The summed E-state index contributed by atoms with van der Waals surface area (Å²) in [6.45, 7) is 1.88. The molecule has 0 aliphatic heterocycles. The number of ketones is 1. The number of aliphatic hydroxyl groups is 2. The van der Waals surface area contributed by atoms with Gasteiger partial charge in [0, 0.05) is 19.1 Å². The highest BCUT2D eigenvalue weighted by molar-refractivity contribution is 6.14. The van der Waals surface area contributed by atoms with Crippen molar-refractivity contribution < 1.29 is 15.0 Å². The van der Waals surface area contributed by atoms with Crippen LogP contribution in [0.1, 0.15) is 32.6 Å². The molecule has 0 unspecified atom stereocenters. The van der Waals surface area contributed by atoms with Gasteiger partial charge in [0.1, 0.15) is 5.76 Å². The number of rotatable bonds is 4. The zero-order chi connectivity index (χ0) is 11.3. The van der Waals surface area contributed by atoms with E-state index in [1.807, 2.05) is 6.92 Å². The van der Waals surface area contributed by atoms with E-state index in [1.54, 1.807) is 0 Å². The predicted molar refractivity (Wildman–Crippen MR) is 58.2 cm³/mol. The first-order valence-electron chi connectivity index (χ1n) is 5.28. The van der Waals surface area contributed by atoms with Gasteiger partial charge in [-0.25, -0.2) is 0 Å². The van der Waals surface area contributed by atoms with E-state index in [9.17, 15) is 9.90 Å². The number of aliphatic imine (C=N–C) groups is 1. The Morgan fingerprint density at radius 3 is 2.80 bits per heavy atom. The maximum Gasteiger partial charge on any atom is 0.167 e. The van der Waals surface area contributed by atoms with E-state index in [4.69, 9.17) is 5.11 Å². The fraction of sp³-hybridized carbons (Fsp3) is 0.636. The van der Waals surface area contributed by atoms with Crippen LogP contribution >= 0.6 is 0 Å². The Morgan fingerprint density at radius 1 is 1.53 bits per heavy atom. The Kier molecular flexibility index (Phi) is 4.49. The molecule has 84 valence electrons. The Balaban J connectivity index is 2.74. The molecule has 0 aromatic heterocycles. The van der Waals surface area contributed by atoms with Crippen LogP contribution in [-0.4, -0.2) is 34.9 Å². The molecule has 0 saturated heterocycles. The van der Waals surface area contributed by atoms with Gasteiger partial charge in [0.25, 0.3) is 0 Å². The molecule has 0 radical (unpaired) electrons. The molecule has 15 heavy (non-hydrogen) atoms. The average molecular weight is 211 g/mol. The second-order valence-corrected chi connectivity index (χ2v) is 3.66. The summed E-state index contributed by atoms with van der Waals surface area (Å²) in [6.07, 6.45) is 3.85. The largest absolute Gasteiger partial charge is 0.512 e. The molecule has 1 atom stereocenters. The van der Waals surface area contributed by atoms with Crippen LogP contribution in [0.25, 0.3) is 0 Å².